The van der Waals surface area contributed by atoms with E-state index in [1.807, 2.05) is 32.9 Å². The van der Waals surface area contributed by atoms with Crippen molar-refractivity contribution in [1.82, 2.24) is 15.2 Å². The van der Waals surface area contributed by atoms with Gasteiger partial charge < -0.3 is 16.0 Å². The Hall–Kier alpha value is -2.78. The number of nitrogens with two attached hydrogens (primary N) is 1. The van der Waals surface area contributed by atoms with Gasteiger partial charge in [-0.05, 0) is 26.8 Å². The number of amides is 2. The summed E-state index contributed by atoms with van der Waals surface area (Å²) in [5.41, 5.74) is 5.56. The molecule has 25 heavy (non-hydrogen) atoms. The van der Waals surface area contributed by atoms with Crippen LogP contribution in [0.15, 0.2) is 11.1 Å². The molecule has 0 fully saturated rings. The number of pyridine rings is 1. The second-order valence-electron chi connectivity index (χ2n) is 6.33. The SMILES string of the molecule is CN(CC(=O)NC(C)(C)C)C(=O)CSc1nc(N)c(C#N)cc1C#N. The molecule has 1 rings (SSSR count). The van der Waals surface area contributed by atoms with Crippen LogP contribution < -0.4 is 11.1 Å². The summed E-state index contributed by atoms with van der Waals surface area (Å²) in [7, 11) is 1.52. The van der Waals surface area contributed by atoms with E-state index in [-0.39, 0.29) is 51.6 Å². The quantitative estimate of drug-likeness (QED) is 0.743. The van der Waals surface area contributed by atoms with Gasteiger partial charge in [0, 0.05) is 12.6 Å². The number of nitrogens with one attached hydrogen (secondary N) is 1. The average molecular weight is 360 g/mol. The summed E-state index contributed by atoms with van der Waals surface area (Å²) in [5, 5.41) is 21.1. The second-order valence-corrected chi connectivity index (χ2v) is 7.30. The van der Waals surface area contributed by atoms with E-state index >= 15 is 0 Å². The minimum Gasteiger partial charge on any atom is -0.383 e. The molecule has 3 N–H and O–H groups in total. The van der Waals surface area contributed by atoms with Crippen LogP contribution in [0, 0.1) is 22.7 Å². The highest BCUT2D eigenvalue weighted by Crippen LogP contribution is 2.24. The van der Waals surface area contributed by atoms with Crippen molar-refractivity contribution in [2.75, 3.05) is 25.1 Å². The van der Waals surface area contributed by atoms with E-state index in [2.05, 4.69) is 10.3 Å². The fourth-order valence-corrected chi connectivity index (χ4v) is 2.69. The van der Waals surface area contributed by atoms with E-state index in [4.69, 9.17) is 16.3 Å². The van der Waals surface area contributed by atoms with Crippen LogP contribution in [-0.4, -0.2) is 46.6 Å². The van der Waals surface area contributed by atoms with E-state index in [1.165, 1.54) is 18.0 Å². The molecule has 0 saturated heterocycles. The van der Waals surface area contributed by atoms with Gasteiger partial charge in [-0.3, -0.25) is 9.59 Å². The number of aromatic nitrogens is 1. The predicted octanol–water partition coefficient (Wildman–Crippen LogP) is 0.872. The van der Waals surface area contributed by atoms with Crippen molar-refractivity contribution in [2.24, 2.45) is 0 Å². The van der Waals surface area contributed by atoms with Crippen molar-refractivity contribution < 1.29 is 9.59 Å². The molecule has 0 aliphatic heterocycles. The molecule has 0 atom stereocenters. The number of carbonyl (C=O) groups excluding carboxylic acids is 2. The number of rotatable bonds is 5. The van der Waals surface area contributed by atoms with Gasteiger partial charge in [-0.1, -0.05) is 11.8 Å². The maximum atomic E-state index is 12.2. The maximum absolute atomic E-state index is 12.2. The topological polar surface area (TPSA) is 136 Å². The van der Waals surface area contributed by atoms with Crippen LogP contribution in [0.3, 0.4) is 0 Å². The summed E-state index contributed by atoms with van der Waals surface area (Å²) in [6.45, 7) is 5.50. The third-order valence-corrected chi connectivity index (χ3v) is 3.89. The Bertz CT molecular complexity index is 758. The van der Waals surface area contributed by atoms with Gasteiger partial charge in [0.1, 0.15) is 23.0 Å². The van der Waals surface area contributed by atoms with Gasteiger partial charge in [0.05, 0.1) is 23.4 Å². The van der Waals surface area contributed by atoms with E-state index in [9.17, 15) is 9.59 Å². The standard InChI is InChI=1S/C16H20N6O2S/c1-16(2,3)21-12(23)8-22(4)13(24)9-25-15-11(7-18)5-10(6-17)14(19)20-15/h5H,8-9H2,1-4H3,(H2,19,20)(H,21,23). The largest absolute Gasteiger partial charge is 0.383 e. The van der Waals surface area contributed by atoms with Crippen molar-refractivity contribution in [2.45, 2.75) is 31.3 Å². The van der Waals surface area contributed by atoms with E-state index < -0.39 is 0 Å². The fraction of sp³-hybridized carbons (Fsp3) is 0.438. The highest BCUT2D eigenvalue weighted by Gasteiger charge is 2.19. The monoisotopic (exact) mass is 360 g/mol. The third-order valence-electron chi connectivity index (χ3n) is 2.91. The first kappa shape index (κ1) is 20.3. The lowest BCUT2D eigenvalue weighted by atomic mass is 10.1. The van der Waals surface area contributed by atoms with Gasteiger partial charge in [-0.15, -0.1) is 0 Å². The maximum Gasteiger partial charge on any atom is 0.240 e. The molecule has 0 unspecified atom stereocenters. The van der Waals surface area contributed by atoms with Crippen LogP contribution >= 0.6 is 11.8 Å². The number of carbonyl (C=O) groups is 2. The zero-order valence-electron chi connectivity index (χ0n) is 14.6. The van der Waals surface area contributed by atoms with E-state index in [1.54, 1.807) is 0 Å². The van der Waals surface area contributed by atoms with Crippen molar-refractivity contribution in [3.63, 3.8) is 0 Å². The minimum absolute atomic E-state index is 0.00762. The molecule has 1 heterocycles. The Morgan fingerprint density at radius 1 is 1.32 bits per heavy atom. The minimum atomic E-state index is -0.374. The summed E-state index contributed by atoms with van der Waals surface area (Å²) in [6, 6.07) is 5.13. The number of thioether (sulfide) groups is 1. The fourth-order valence-electron chi connectivity index (χ4n) is 1.79. The lowest BCUT2D eigenvalue weighted by Crippen LogP contribution is -2.46. The smallest absolute Gasteiger partial charge is 0.240 e. The average Bonchev–Trinajstić information content (AvgIpc) is 2.50. The summed E-state index contributed by atoms with van der Waals surface area (Å²) < 4.78 is 0. The molecule has 0 radical (unpaired) electrons. The van der Waals surface area contributed by atoms with Gasteiger partial charge >= 0.3 is 0 Å². The van der Waals surface area contributed by atoms with Crippen LogP contribution in [0.25, 0.3) is 0 Å². The van der Waals surface area contributed by atoms with E-state index in [0.717, 1.165) is 11.8 Å². The van der Waals surface area contributed by atoms with Crippen molar-refractivity contribution in [3.8, 4) is 12.1 Å². The molecule has 0 saturated carbocycles. The summed E-state index contributed by atoms with van der Waals surface area (Å²) in [4.78, 5) is 29.3. The Morgan fingerprint density at radius 3 is 2.44 bits per heavy atom. The summed E-state index contributed by atoms with van der Waals surface area (Å²) in [5.74, 6) is -0.546. The highest BCUT2D eigenvalue weighted by molar-refractivity contribution is 8.00. The van der Waals surface area contributed by atoms with Crippen LogP contribution in [0.1, 0.15) is 31.9 Å². The normalized spacial score (nSPS) is 10.5. The number of nitriles is 2. The van der Waals surface area contributed by atoms with Crippen LogP contribution in [-0.2, 0) is 9.59 Å². The molecule has 0 bridgehead atoms. The van der Waals surface area contributed by atoms with Crippen LogP contribution in [0.5, 0.6) is 0 Å². The third kappa shape index (κ3) is 6.32. The first-order valence-corrected chi connectivity index (χ1v) is 8.34. The first-order valence-electron chi connectivity index (χ1n) is 7.36. The van der Waals surface area contributed by atoms with Gasteiger partial charge in [-0.2, -0.15) is 10.5 Å². The van der Waals surface area contributed by atoms with Crippen molar-refractivity contribution >= 4 is 29.4 Å². The molecule has 0 aliphatic carbocycles. The zero-order chi connectivity index (χ0) is 19.2. The number of likely N-dealkylation sites (N-methyl/N-ethyl adjacent to an activating group) is 1. The summed E-state index contributed by atoms with van der Waals surface area (Å²) in [6.07, 6.45) is 0. The lowest BCUT2D eigenvalue weighted by molar-refractivity contribution is -0.133. The molecule has 132 valence electrons. The molecule has 8 nitrogen and oxygen atoms in total. The Balaban J connectivity index is 2.71. The molecule has 0 aliphatic rings. The predicted molar refractivity (Wildman–Crippen MR) is 94.3 cm³/mol. The van der Waals surface area contributed by atoms with Gasteiger partial charge in [0.25, 0.3) is 0 Å². The molecule has 0 spiro atoms. The molecule has 1 aromatic heterocycles. The van der Waals surface area contributed by atoms with Crippen LogP contribution in [0.2, 0.25) is 0 Å². The number of nitrogens with zero attached hydrogens (tertiary/aromatic N) is 4. The molecular weight excluding hydrogens is 340 g/mol. The number of hydrogen-bond acceptors (Lipinski definition) is 7. The Labute approximate surface area is 151 Å². The van der Waals surface area contributed by atoms with Gasteiger partial charge in [0.2, 0.25) is 11.8 Å². The Kier molecular flexibility index (Phi) is 6.77. The van der Waals surface area contributed by atoms with Crippen molar-refractivity contribution in [1.29, 1.82) is 10.5 Å². The molecule has 9 heteroatoms. The van der Waals surface area contributed by atoms with E-state index in [0.29, 0.717) is 0 Å². The highest BCUT2D eigenvalue weighted by atomic mass is 32.2. The van der Waals surface area contributed by atoms with Crippen LogP contribution in [0.4, 0.5) is 5.82 Å². The first-order chi connectivity index (χ1) is 11.6. The molecule has 0 aromatic carbocycles. The molecule has 2 amide bonds. The van der Waals surface area contributed by atoms with Gasteiger partial charge in [-0.25, -0.2) is 4.98 Å². The number of hydrogen-bond donors (Lipinski definition) is 2. The molecule has 1 aromatic rings. The number of anilines is 1. The zero-order valence-corrected chi connectivity index (χ0v) is 15.4. The van der Waals surface area contributed by atoms with Gasteiger partial charge in [0.15, 0.2) is 0 Å². The summed E-state index contributed by atoms with van der Waals surface area (Å²) >= 11 is 1.04. The van der Waals surface area contributed by atoms with Crippen molar-refractivity contribution in [3.05, 3.63) is 17.2 Å². The Morgan fingerprint density at radius 2 is 1.92 bits per heavy atom. The second kappa shape index (κ2) is 8.36. The number of nitrogen functional groups attached to an aromatic ring is 1. The lowest BCUT2D eigenvalue weighted by Gasteiger charge is -2.23. The molecular formula is C16H20N6O2S.